The molecule has 152 valence electrons. The van der Waals surface area contributed by atoms with Gasteiger partial charge in [0.05, 0.1) is 6.61 Å². The molecule has 0 radical (unpaired) electrons. The smallest absolute Gasteiger partial charge is 0.253 e. The van der Waals surface area contributed by atoms with Gasteiger partial charge in [0.25, 0.3) is 11.8 Å². The zero-order valence-corrected chi connectivity index (χ0v) is 16.9. The van der Waals surface area contributed by atoms with E-state index >= 15 is 0 Å². The van der Waals surface area contributed by atoms with Crippen LogP contribution in [0.3, 0.4) is 0 Å². The van der Waals surface area contributed by atoms with Gasteiger partial charge in [0.2, 0.25) is 0 Å². The van der Waals surface area contributed by atoms with Crippen LogP contribution in [0, 0.1) is 12.8 Å². The molecule has 2 amide bonds. The lowest BCUT2D eigenvalue weighted by molar-refractivity contribution is 0.0633. The number of nitrogens with one attached hydrogen (secondary N) is 1. The molecule has 0 bridgehead atoms. The molecular weight excluding hydrogens is 364 g/mol. The normalized spacial score (nSPS) is 18.9. The maximum absolute atomic E-state index is 12.8. The van der Waals surface area contributed by atoms with Crippen molar-refractivity contribution >= 4 is 11.8 Å². The van der Waals surface area contributed by atoms with Crippen molar-refractivity contribution < 1.29 is 14.3 Å². The van der Waals surface area contributed by atoms with Crippen LogP contribution in [0.2, 0.25) is 0 Å². The molecule has 0 unspecified atom stereocenters. The summed E-state index contributed by atoms with van der Waals surface area (Å²) in [7, 11) is 0. The van der Waals surface area contributed by atoms with E-state index in [-0.39, 0.29) is 11.8 Å². The molecule has 1 aliphatic heterocycles. The Morgan fingerprint density at radius 3 is 2.66 bits per heavy atom. The number of carbonyl (C=O) groups is 2. The highest BCUT2D eigenvalue weighted by Crippen LogP contribution is 2.23. The second kappa shape index (κ2) is 8.68. The van der Waals surface area contributed by atoms with Gasteiger partial charge in [-0.25, -0.2) is 0 Å². The van der Waals surface area contributed by atoms with E-state index in [1.54, 1.807) is 6.07 Å². The molecule has 2 fully saturated rings. The van der Waals surface area contributed by atoms with E-state index in [0.29, 0.717) is 36.4 Å². The first-order valence-electron chi connectivity index (χ1n) is 10.5. The summed E-state index contributed by atoms with van der Waals surface area (Å²) in [5, 5.41) is 3.00. The summed E-state index contributed by atoms with van der Waals surface area (Å²) < 4.78 is 5.99. The van der Waals surface area contributed by atoms with Gasteiger partial charge >= 0.3 is 0 Å². The van der Waals surface area contributed by atoms with Crippen molar-refractivity contribution in [3.05, 3.63) is 65.2 Å². The molecular formula is C24H28N2O3. The number of likely N-dealkylation sites (tertiary alicyclic amines) is 1. The fraction of sp³-hybridized carbons (Fsp3) is 0.417. The molecule has 2 aromatic carbocycles. The molecule has 0 spiro atoms. The van der Waals surface area contributed by atoms with E-state index < -0.39 is 0 Å². The number of ether oxygens (including phenoxy) is 1. The first-order valence-corrected chi connectivity index (χ1v) is 10.5. The number of piperidine rings is 1. The summed E-state index contributed by atoms with van der Waals surface area (Å²) in [6, 6.07) is 15.4. The van der Waals surface area contributed by atoms with Gasteiger partial charge in [-0.3, -0.25) is 9.59 Å². The third-order valence-electron chi connectivity index (χ3n) is 5.57. The van der Waals surface area contributed by atoms with E-state index in [9.17, 15) is 9.59 Å². The van der Waals surface area contributed by atoms with E-state index in [2.05, 4.69) is 5.32 Å². The second-order valence-corrected chi connectivity index (χ2v) is 8.22. The maximum Gasteiger partial charge on any atom is 0.253 e. The summed E-state index contributed by atoms with van der Waals surface area (Å²) in [6.07, 6.45) is 4.16. The summed E-state index contributed by atoms with van der Waals surface area (Å²) in [5.74, 6) is 1.06. The predicted molar refractivity (Wildman–Crippen MR) is 112 cm³/mol. The molecule has 1 atom stereocenters. The summed E-state index contributed by atoms with van der Waals surface area (Å²) in [5.41, 5.74) is 2.48. The van der Waals surface area contributed by atoms with E-state index in [1.807, 2.05) is 54.3 Å². The Balaban J connectivity index is 1.33. The molecule has 0 aromatic heterocycles. The molecule has 1 N–H and O–H groups in total. The number of carbonyl (C=O) groups excluding carboxylic acids is 2. The lowest BCUT2D eigenvalue weighted by Crippen LogP contribution is -2.41. The third-order valence-corrected chi connectivity index (χ3v) is 5.57. The average Bonchev–Trinajstić information content (AvgIpc) is 3.56. The highest BCUT2D eigenvalue weighted by molar-refractivity contribution is 5.95. The summed E-state index contributed by atoms with van der Waals surface area (Å²) >= 11 is 0. The predicted octanol–water partition coefficient (Wildman–Crippen LogP) is 3.82. The Morgan fingerprint density at radius 1 is 1.07 bits per heavy atom. The SMILES string of the molecule is Cc1cccc(C(=O)N2CCC[C@H](COc3cccc(C(=O)NC4CC4)c3)C2)c1. The van der Waals surface area contributed by atoms with Crippen LogP contribution in [-0.4, -0.2) is 42.5 Å². The third kappa shape index (κ3) is 5.17. The molecule has 4 rings (SSSR count). The lowest BCUT2D eigenvalue weighted by Gasteiger charge is -2.32. The van der Waals surface area contributed by atoms with Gasteiger partial charge < -0.3 is 15.0 Å². The number of hydrogen-bond acceptors (Lipinski definition) is 3. The van der Waals surface area contributed by atoms with Crippen LogP contribution in [0.4, 0.5) is 0 Å². The summed E-state index contributed by atoms with van der Waals surface area (Å²) in [6.45, 7) is 4.04. The van der Waals surface area contributed by atoms with Crippen molar-refractivity contribution in [2.45, 2.75) is 38.6 Å². The van der Waals surface area contributed by atoms with Gasteiger partial charge in [-0.05, 0) is 62.9 Å². The quantitative estimate of drug-likeness (QED) is 0.813. The first kappa shape index (κ1) is 19.5. The summed E-state index contributed by atoms with van der Waals surface area (Å²) in [4.78, 5) is 27.0. The Hall–Kier alpha value is -2.82. The molecule has 2 aliphatic rings. The van der Waals surface area contributed by atoms with Crippen LogP contribution in [0.15, 0.2) is 48.5 Å². The van der Waals surface area contributed by atoms with Crippen molar-refractivity contribution in [3.63, 3.8) is 0 Å². The van der Waals surface area contributed by atoms with Crippen LogP contribution in [0.25, 0.3) is 0 Å². The first-order chi connectivity index (χ1) is 14.1. The number of amides is 2. The monoisotopic (exact) mass is 392 g/mol. The molecule has 5 heteroatoms. The molecule has 1 saturated heterocycles. The standard InChI is InChI=1S/C24H28N2O3/c1-17-5-2-8-20(13-17)24(28)26-12-4-6-18(15-26)16-29-22-9-3-7-19(14-22)23(27)25-21-10-11-21/h2-3,5,7-9,13-14,18,21H,4,6,10-12,15-16H2,1H3,(H,25,27)/t18-/m0/s1. The second-order valence-electron chi connectivity index (χ2n) is 8.22. The van der Waals surface area contributed by atoms with Crippen LogP contribution < -0.4 is 10.1 Å². The fourth-order valence-corrected chi connectivity index (χ4v) is 3.78. The van der Waals surface area contributed by atoms with Crippen molar-refractivity contribution in [1.29, 1.82) is 0 Å². The number of hydrogen-bond donors (Lipinski definition) is 1. The molecule has 5 nitrogen and oxygen atoms in total. The molecule has 1 heterocycles. The lowest BCUT2D eigenvalue weighted by atomic mass is 9.98. The van der Waals surface area contributed by atoms with Gasteiger partial charge in [0, 0.05) is 36.2 Å². The van der Waals surface area contributed by atoms with Crippen LogP contribution in [0.5, 0.6) is 5.75 Å². The minimum Gasteiger partial charge on any atom is -0.493 e. The van der Waals surface area contributed by atoms with E-state index in [1.165, 1.54) is 0 Å². The van der Waals surface area contributed by atoms with Crippen LogP contribution >= 0.6 is 0 Å². The van der Waals surface area contributed by atoms with Gasteiger partial charge in [-0.1, -0.05) is 23.8 Å². The molecule has 1 aliphatic carbocycles. The van der Waals surface area contributed by atoms with Crippen molar-refractivity contribution in [3.8, 4) is 5.75 Å². The van der Waals surface area contributed by atoms with Crippen LogP contribution in [-0.2, 0) is 0 Å². The van der Waals surface area contributed by atoms with Crippen molar-refractivity contribution in [2.75, 3.05) is 19.7 Å². The molecule has 1 saturated carbocycles. The Labute approximate surface area is 172 Å². The number of aryl methyl sites for hydroxylation is 1. The Kier molecular flexibility index (Phi) is 5.84. The molecule has 2 aromatic rings. The minimum absolute atomic E-state index is 0.0365. The number of rotatable bonds is 6. The van der Waals surface area contributed by atoms with Gasteiger partial charge in [0.1, 0.15) is 5.75 Å². The minimum atomic E-state index is -0.0365. The van der Waals surface area contributed by atoms with Gasteiger partial charge in [0.15, 0.2) is 0 Å². The topological polar surface area (TPSA) is 58.6 Å². The van der Waals surface area contributed by atoms with E-state index in [0.717, 1.165) is 43.4 Å². The average molecular weight is 392 g/mol. The van der Waals surface area contributed by atoms with E-state index in [4.69, 9.17) is 4.74 Å². The number of nitrogens with zero attached hydrogens (tertiary/aromatic N) is 1. The van der Waals surface area contributed by atoms with Crippen molar-refractivity contribution in [1.82, 2.24) is 10.2 Å². The van der Waals surface area contributed by atoms with Crippen molar-refractivity contribution in [2.24, 2.45) is 5.92 Å². The number of benzene rings is 2. The molecule has 29 heavy (non-hydrogen) atoms. The zero-order chi connectivity index (χ0) is 20.2. The Bertz CT molecular complexity index is 891. The highest BCUT2D eigenvalue weighted by Gasteiger charge is 2.26. The largest absolute Gasteiger partial charge is 0.493 e. The van der Waals surface area contributed by atoms with Gasteiger partial charge in [-0.2, -0.15) is 0 Å². The fourth-order valence-electron chi connectivity index (χ4n) is 3.78. The van der Waals surface area contributed by atoms with Crippen LogP contribution in [0.1, 0.15) is 52.0 Å². The zero-order valence-electron chi connectivity index (χ0n) is 16.9. The highest BCUT2D eigenvalue weighted by atomic mass is 16.5. The Morgan fingerprint density at radius 2 is 1.86 bits per heavy atom. The van der Waals surface area contributed by atoms with Gasteiger partial charge in [-0.15, -0.1) is 0 Å². The maximum atomic E-state index is 12.8.